The van der Waals surface area contributed by atoms with Crippen LogP contribution in [0.3, 0.4) is 0 Å². The van der Waals surface area contributed by atoms with E-state index in [0.29, 0.717) is 11.7 Å². The quantitative estimate of drug-likeness (QED) is 0.516. The van der Waals surface area contributed by atoms with Crippen molar-refractivity contribution in [3.63, 3.8) is 0 Å². The first kappa shape index (κ1) is 13.4. The standard InChI is InChI=1S/C14H24OSi/c1-16(2,3)12-6-4-5-7-13-8-10-14(15)11-9-13/h4,6,8,10,13H,5,7,9,11-12H2,1-3H3/b6-4+. The molecule has 0 fully saturated rings. The summed E-state index contributed by atoms with van der Waals surface area (Å²) in [6.07, 6.45) is 12.7. The molecule has 0 aromatic heterocycles. The summed E-state index contributed by atoms with van der Waals surface area (Å²) in [5.74, 6) is 0.930. The monoisotopic (exact) mass is 236 g/mol. The molecule has 1 atom stereocenters. The third kappa shape index (κ3) is 6.06. The van der Waals surface area contributed by atoms with E-state index in [1.807, 2.05) is 0 Å². The Bertz CT molecular complexity index is 284. The minimum atomic E-state index is -0.901. The number of carbonyl (C=O) groups is 1. The highest BCUT2D eigenvalue weighted by Gasteiger charge is 2.12. The first-order chi connectivity index (χ1) is 7.47. The molecule has 16 heavy (non-hydrogen) atoms. The van der Waals surface area contributed by atoms with Gasteiger partial charge in [-0.2, -0.15) is 0 Å². The molecule has 1 aliphatic carbocycles. The number of carbonyl (C=O) groups excluding carboxylic acids is 1. The van der Waals surface area contributed by atoms with E-state index in [1.54, 1.807) is 6.08 Å². The maximum absolute atomic E-state index is 11.0. The number of rotatable bonds is 5. The van der Waals surface area contributed by atoms with Crippen LogP contribution in [-0.4, -0.2) is 13.9 Å². The molecule has 0 spiro atoms. The Kier molecular flexibility index (Phi) is 5.20. The summed E-state index contributed by atoms with van der Waals surface area (Å²) in [5, 5.41) is 0. The molecule has 1 aliphatic rings. The lowest BCUT2D eigenvalue weighted by Gasteiger charge is -2.14. The van der Waals surface area contributed by atoms with Gasteiger partial charge in [-0.25, -0.2) is 0 Å². The van der Waals surface area contributed by atoms with Gasteiger partial charge >= 0.3 is 0 Å². The average Bonchev–Trinajstić information content (AvgIpc) is 2.19. The van der Waals surface area contributed by atoms with Crippen LogP contribution in [-0.2, 0) is 4.79 Å². The van der Waals surface area contributed by atoms with E-state index in [4.69, 9.17) is 0 Å². The second-order valence-electron chi connectivity index (χ2n) is 5.94. The molecular weight excluding hydrogens is 212 g/mol. The fourth-order valence-electron chi connectivity index (χ4n) is 1.86. The molecule has 0 aliphatic heterocycles. The predicted octanol–water partition coefficient (Wildman–Crippen LogP) is 4.20. The van der Waals surface area contributed by atoms with E-state index in [-0.39, 0.29) is 0 Å². The van der Waals surface area contributed by atoms with Crippen molar-refractivity contribution in [2.24, 2.45) is 5.92 Å². The summed E-state index contributed by atoms with van der Waals surface area (Å²) >= 11 is 0. The van der Waals surface area contributed by atoms with Crippen LogP contribution in [0.1, 0.15) is 25.7 Å². The van der Waals surface area contributed by atoms with Crippen molar-refractivity contribution >= 4 is 13.9 Å². The van der Waals surface area contributed by atoms with E-state index < -0.39 is 8.07 Å². The molecule has 0 saturated carbocycles. The van der Waals surface area contributed by atoms with Gasteiger partial charge in [-0.3, -0.25) is 4.79 Å². The maximum Gasteiger partial charge on any atom is 0.155 e. The summed E-state index contributed by atoms with van der Waals surface area (Å²) in [4.78, 5) is 11.0. The number of allylic oxidation sites excluding steroid dienone is 4. The Morgan fingerprint density at radius 2 is 2.12 bits per heavy atom. The second-order valence-corrected chi connectivity index (χ2v) is 11.5. The van der Waals surface area contributed by atoms with E-state index in [1.165, 1.54) is 12.5 Å². The van der Waals surface area contributed by atoms with Gasteiger partial charge in [0.15, 0.2) is 5.78 Å². The zero-order chi connectivity index (χ0) is 12.0. The Morgan fingerprint density at radius 1 is 1.38 bits per heavy atom. The van der Waals surface area contributed by atoms with Gasteiger partial charge in [-0.15, -0.1) is 0 Å². The van der Waals surface area contributed by atoms with Crippen molar-refractivity contribution in [1.82, 2.24) is 0 Å². The van der Waals surface area contributed by atoms with Crippen molar-refractivity contribution in [3.05, 3.63) is 24.3 Å². The Morgan fingerprint density at radius 3 is 2.69 bits per heavy atom. The number of hydrogen-bond acceptors (Lipinski definition) is 1. The highest BCUT2D eigenvalue weighted by atomic mass is 28.3. The van der Waals surface area contributed by atoms with Crippen molar-refractivity contribution in [2.75, 3.05) is 0 Å². The molecule has 2 heteroatoms. The molecule has 0 aromatic carbocycles. The third-order valence-electron chi connectivity index (χ3n) is 2.92. The van der Waals surface area contributed by atoms with Crippen LogP contribution in [0, 0.1) is 5.92 Å². The van der Waals surface area contributed by atoms with Gasteiger partial charge in [0.2, 0.25) is 0 Å². The lowest BCUT2D eigenvalue weighted by Crippen LogP contribution is -2.17. The third-order valence-corrected chi connectivity index (χ3v) is 4.38. The molecule has 1 unspecified atom stereocenters. The molecule has 0 N–H and O–H groups in total. The zero-order valence-electron chi connectivity index (χ0n) is 10.8. The van der Waals surface area contributed by atoms with Gasteiger partial charge in [-0.1, -0.05) is 37.9 Å². The number of ketones is 1. The van der Waals surface area contributed by atoms with Crippen LogP contribution in [0.15, 0.2) is 24.3 Å². The Labute approximate surface area is 101 Å². The normalized spacial score (nSPS) is 21.9. The molecule has 0 saturated heterocycles. The van der Waals surface area contributed by atoms with Gasteiger partial charge in [-0.05, 0) is 37.3 Å². The van der Waals surface area contributed by atoms with Crippen LogP contribution in [0.2, 0.25) is 25.7 Å². The van der Waals surface area contributed by atoms with Gasteiger partial charge in [0.1, 0.15) is 0 Å². The average molecular weight is 236 g/mol. The van der Waals surface area contributed by atoms with Crippen LogP contribution in [0.5, 0.6) is 0 Å². The lowest BCUT2D eigenvalue weighted by molar-refractivity contribution is -0.115. The minimum absolute atomic E-state index is 0.297. The fraction of sp³-hybridized carbons (Fsp3) is 0.643. The fourth-order valence-corrected chi connectivity index (χ4v) is 2.73. The molecule has 0 amide bonds. The van der Waals surface area contributed by atoms with Crippen LogP contribution in [0.25, 0.3) is 0 Å². The summed E-state index contributed by atoms with van der Waals surface area (Å²) in [5.41, 5.74) is 0. The molecule has 90 valence electrons. The SMILES string of the molecule is C[Si](C)(C)C/C=C/CCC1C=CC(=O)CC1. The van der Waals surface area contributed by atoms with Gasteiger partial charge < -0.3 is 0 Å². The summed E-state index contributed by atoms with van der Waals surface area (Å²) < 4.78 is 0. The van der Waals surface area contributed by atoms with Crippen LogP contribution >= 0.6 is 0 Å². The van der Waals surface area contributed by atoms with Crippen molar-refractivity contribution in [2.45, 2.75) is 51.4 Å². The molecule has 0 aromatic rings. The maximum atomic E-state index is 11.0. The summed E-state index contributed by atoms with van der Waals surface area (Å²) in [6.45, 7) is 7.19. The van der Waals surface area contributed by atoms with Gasteiger partial charge in [0.05, 0.1) is 0 Å². The van der Waals surface area contributed by atoms with E-state index >= 15 is 0 Å². The van der Waals surface area contributed by atoms with E-state index in [2.05, 4.69) is 37.9 Å². The zero-order valence-corrected chi connectivity index (χ0v) is 11.8. The van der Waals surface area contributed by atoms with Crippen molar-refractivity contribution in [3.8, 4) is 0 Å². The first-order valence-electron chi connectivity index (χ1n) is 6.33. The van der Waals surface area contributed by atoms with Gasteiger partial charge in [0.25, 0.3) is 0 Å². The largest absolute Gasteiger partial charge is 0.295 e. The first-order valence-corrected chi connectivity index (χ1v) is 10.0. The highest BCUT2D eigenvalue weighted by molar-refractivity contribution is 6.76. The highest BCUT2D eigenvalue weighted by Crippen LogP contribution is 2.20. The number of hydrogen-bond donors (Lipinski definition) is 0. The van der Waals surface area contributed by atoms with E-state index in [0.717, 1.165) is 19.3 Å². The van der Waals surface area contributed by atoms with Gasteiger partial charge in [0, 0.05) is 14.5 Å². The molecule has 0 radical (unpaired) electrons. The van der Waals surface area contributed by atoms with Crippen LogP contribution < -0.4 is 0 Å². The summed E-state index contributed by atoms with van der Waals surface area (Å²) in [6, 6.07) is 1.28. The second kappa shape index (κ2) is 6.19. The van der Waals surface area contributed by atoms with Crippen molar-refractivity contribution in [1.29, 1.82) is 0 Å². The molecule has 1 nitrogen and oxygen atoms in total. The topological polar surface area (TPSA) is 17.1 Å². The Hall–Kier alpha value is -0.633. The van der Waals surface area contributed by atoms with Crippen LogP contribution in [0.4, 0.5) is 0 Å². The molecule has 1 rings (SSSR count). The Balaban J connectivity index is 2.16. The van der Waals surface area contributed by atoms with E-state index in [9.17, 15) is 4.79 Å². The van der Waals surface area contributed by atoms with Crippen molar-refractivity contribution < 1.29 is 4.79 Å². The molecular formula is C14H24OSi. The predicted molar refractivity (Wildman–Crippen MR) is 73.4 cm³/mol. The molecule has 0 bridgehead atoms. The smallest absolute Gasteiger partial charge is 0.155 e. The minimum Gasteiger partial charge on any atom is -0.295 e. The lowest BCUT2D eigenvalue weighted by atomic mass is 9.91. The summed E-state index contributed by atoms with van der Waals surface area (Å²) in [7, 11) is -0.901. The molecule has 0 heterocycles.